The molecule has 0 amide bonds. The molecule has 0 fully saturated rings. The van der Waals surface area contributed by atoms with Crippen LogP contribution in [-0.2, 0) is 0 Å². The van der Waals surface area contributed by atoms with Gasteiger partial charge in [0.1, 0.15) is 0 Å². The molecule has 2 rings (SSSR count). The summed E-state index contributed by atoms with van der Waals surface area (Å²) in [5.41, 5.74) is 2.25. The van der Waals surface area contributed by atoms with Crippen molar-refractivity contribution in [3.63, 3.8) is 0 Å². The summed E-state index contributed by atoms with van der Waals surface area (Å²) in [4.78, 5) is 11.0. The van der Waals surface area contributed by atoms with Gasteiger partial charge in [-0.05, 0) is 42.0 Å². The predicted molar refractivity (Wildman–Crippen MR) is 85.2 cm³/mol. The SMILES string of the molecule is N=C/C(=C\Nc1ccc(Cl)cc1)c1cccc(C(=O)O)c1. The lowest BCUT2D eigenvalue weighted by atomic mass is 10.0. The number of halogens is 1. The summed E-state index contributed by atoms with van der Waals surface area (Å²) in [5.74, 6) is -0.994. The van der Waals surface area contributed by atoms with E-state index in [2.05, 4.69) is 5.32 Å². The Morgan fingerprint density at radius 1 is 1.14 bits per heavy atom. The number of carbonyl (C=O) groups is 1. The third-order valence-corrected chi connectivity index (χ3v) is 3.09. The fraction of sp³-hybridized carbons (Fsp3) is 0. The van der Waals surface area contributed by atoms with Crippen LogP contribution in [0.15, 0.2) is 54.7 Å². The lowest BCUT2D eigenvalue weighted by Gasteiger charge is -2.06. The van der Waals surface area contributed by atoms with E-state index >= 15 is 0 Å². The van der Waals surface area contributed by atoms with Gasteiger partial charge in [-0.15, -0.1) is 0 Å². The Balaban J connectivity index is 2.24. The van der Waals surface area contributed by atoms with Crippen molar-refractivity contribution in [3.05, 3.63) is 70.9 Å². The van der Waals surface area contributed by atoms with Crippen molar-refractivity contribution in [2.75, 3.05) is 5.32 Å². The first-order valence-corrected chi connectivity index (χ1v) is 6.54. The highest BCUT2D eigenvalue weighted by Gasteiger charge is 2.05. The molecule has 21 heavy (non-hydrogen) atoms. The molecule has 2 aromatic rings. The zero-order valence-electron chi connectivity index (χ0n) is 11.0. The largest absolute Gasteiger partial charge is 0.478 e. The van der Waals surface area contributed by atoms with Gasteiger partial charge in [0.05, 0.1) is 5.56 Å². The van der Waals surface area contributed by atoms with E-state index < -0.39 is 5.97 Å². The second-order valence-electron chi connectivity index (χ2n) is 4.28. The van der Waals surface area contributed by atoms with Crippen LogP contribution in [0.3, 0.4) is 0 Å². The van der Waals surface area contributed by atoms with Gasteiger partial charge < -0.3 is 15.8 Å². The fourth-order valence-corrected chi connectivity index (χ4v) is 1.87. The number of anilines is 1. The molecule has 0 saturated carbocycles. The molecule has 0 unspecified atom stereocenters. The third kappa shape index (κ3) is 3.94. The molecule has 0 saturated heterocycles. The number of aromatic carboxylic acids is 1. The maximum absolute atomic E-state index is 11.0. The average molecular weight is 301 g/mol. The van der Waals surface area contributed by atoms with Crippen LogP contribution < -0.4 is 5.32 Å². The van der Waals surface area contributed by atoms with Gasteiger partial charge >= 0.3 is 5.97 Å². The summed E-state index contributed by atoms with van der Waals surface area (Å²) in [7, 11) is 0. The summed E-state index contributed by atoms with van der Waals surface area (Å²) in [6.45, 7) is 0. The minimum atomic E-state index is -0.994. The molecule has 0 radical (unpaired) electrons. The van der Waals surface area contributed by atoms with Gasteiger partial charge in [0.2, 0.25) is 0 Å². The lowest BCUT2D eigenvalue weighted by molar-refractivity contribution is 0.0697. The van der Waals surface area contributed by atoms with Crippen LogP contribution in [0.2, 0.25) is 5.02 Å². The fourth-order valence-electron chi connectivity index (χ4n) is 1.75. The Hall–Kier alpha value is -2.59. The number of hydrogen-bond donors (Lipinski definition) is 3. The highest BCUT2D eigenvalue weighted by atomic mass is 35.5. The average Bonchev–Trinajstić information content (AvgIpc) is 2.50. The topological polar surface area (TPSA) is 73.2 Å². The molecule has 0 atom stereocenters. The van der Waals surface area contributed by atoms with E-state index in [0.717, 1.165) is 5.69 Å². The minimum absolute atomic E-state index is 0.187. The first kappa shape index (κ1) is 14.8. The van der Waals surface area contributed by atoms with Gasteiger partial charge in [-0.2, -0.15) is 0 Å². The molecular weight excluding hydrogens is 288 g/mol. The van der Waals surface area contributed by atoms with Gasteiger partial charge in [-0.3, -0.25) is 0 Å². The zero-order chi connectivity index (χ0) is 15.2. The van der Waals surface area contributed by atoms with Crippen molar-refractivity contribution in [2.45, 2.75) is 0 Å². The van der Waals surface area contributed by atoms with Gasteiger partial charge in [0.25, 0.3) is 0 Å². The third-order valence-electron chi connectivity index (χ3n) is 2.84. The summed E-state index contributed by atoms with van der Waals surface area (Å²) >= 11 is 5.81. The van der Waals surface area contributed by atoms with Crippen LogP contribution in [0.4, 0.5) is 5.69 Å². The van der Waals surface area contributed by atoms with Gasteiger partial charge in [0, 0.05) is 28.7 Å². The number of nitrogens with one attached hydrogen (secondary N) is 2. The molecule has 0 aliphatic carbocycles. The summed E-state index contributed by atoms with van der Waals surface area (Å²) in [6.07, 6.45) is 2.82. The van der Waals surface area contributed by atoms with Gasteiger partial charge in [-0.25, -0.2) is 4.79 Å². The Morgan fingerprint density at radius 2 is 1.81 bits per heavy atom. The van der Waals surface area contributed by atoms with Crippen molar-refractivity contribution in [1.29, 1.82) is 5.41 Å². The van der Waals surface area contributed by atoms with Crippen molar-refractivity contribution in [1.82, 2.24) is 0 Å². The van der Waals surface area contributed by atoms with Crippen LogP contribution in [-0.4, -0.2) is 17.3 Å². The molecule has 0 aromatic heterocycles. The second-order valence-corrected chi connectivity index (χ2v) is 4.72. The highest BCUT2D eigenvalue weighted by molar-refractivity contribution is 6.30. The Labute approximate surface area is 127 Å². The number of rotatable bonds is 5. The standard InChI is InChI=1S/C16H13ClN2O2/c17-14-4-6-15(7-5-14)19-10-13(9-18)11-2-1-3-12(8-11)16(20)21/h1-10,18-19H,(H,20,21)/b13-10+,18-9?. The molecule has 4 nitrogen and oxygen atoms in total. The number of carboxylic acid groups (broad SMARTS) is 1. The van der Waals surface area contributed by atoms with Crippen molar-refractivity contribution in [3.8, 4) is 0 Å². The summed E-state index contributed by atoms with van der Waals surface area (Å²) in [6, 6.07) is 13.6. The minimum Gasteiger partial charge on any atom is -0.478 e. The van der Waals surface area contributed by atoms with E-state index in [4.69, 9.17) is 22.1 Å². The quantitative estimate of drug-likeness (QED) is 0.727. The number of carboxylic acids is 1. The van der Waals surface area contributed by atoms with E-state index in [9.17, 15) is 4.79 Å². The Morgan fingerprint density at radius 3 is 2.43 bits per heavy atom. The molecule has 2 aromatic carbocycles. The second kappa shape index (κ2) is 6.72. The van der Waals surface area contributed by atoms with Crippen LogP contribution in [0.5, 0.6) is 0 Å². The Kier molecular flexibility index (Phi) is 4.74. The summed E-state index contributed by atoms with van der Waals surface area (Å²) in [5, 5.41) is 20.2. The van der Waals surface area contributed by atoms with E-state index in [1.807, 2.05) is 12.1 Å². The van der Waals surface area contributed by atoms with Crippen LogP contribution >= 0.6 is 11.6 Å². The van der Waals surface area contributed by atoms with Gasteiger partial charge in [-0.1, -0.05) is 23.7 Å². The molecule has 0 spiro atoms. The molecule has 3 N–H and O–H groups in total. The van der Waals surface area contributed by atoms with Gasteiger partial charge in [0.15, 0.2) is 0 Å². The van der Waals surface area contributed by atoms with Crippen molar-refractivity contribution < 1.29 is 9.90 Å². The summed E-state index contributed by atoms with van der Waals surface area (Å²) < 4.78 is 0. The van der Waals surface area contributed by atoms with Crippen LogP contribution in [0, 0.1) is 5.41 Å². The van der Waals surface area contributed by atoms with E-state index in [-0.39, 0.29) is 5.56 Å². The number of hydrogen-bond acceptors (Lipinski definition) is 3. The molecule has 106 valence electrons. The number of benzene rings is 2. The first-order valence-electron chi connectivity index (χ1n) is 6.16. The number of allylic oxidation sites excluding steroid dienone is 1. The van der Waals surface area contributed by atoms with Crippen molar-refractivity contribution >= 4 is 35.0 Å². The molecular formula is C16H13ClN2O2. The van der Waals surface area contributed by atoms with E-state index in [1.165, 1.54) is 18.3 Å². The monoisotopic (exact) mass is 300 g/mol. The highest BCUT2D eigenvalue weighted by Crippen LogP contribution is 2.17. The molecule has 0 aliphatic rings. The molecule has 0 bridgehead atoms. The zero-order valence-corrected chi connectivity index (χ0v) is 11.8. The van der Waals surface area contributed by atoms with E-state index in [1.54, 1.807) is 30.5 Å². The van der Waals surface area contributed by atoms with Crippen LogP contribution in [0.1, 0.15) is 15.9 Å². The van der Waals surface area contributed by atoms with E-state index in [0.29, 0.717) is 16.2 Å². The Bertz CT molecular complexity index is 694. The predicted octanol–water partition coefficient (Wildman–Crippen LogP) is 4.14. The molecule has 5 heteroatoms. The maximum Gasteiger partial charge on any atom is 0.335 e. The lowest BCUT2D eigenvalue weighted by Crippen LogP contribution is -1.98. The maximum atomic E-state index is 11.0. The smallest absolute Gasteiger partial charge is 0.335 e. The van der Waals surface area contributed by atoms with Crippen molar-refractivity contribution in [2.24, 2.45) is 0 Å². The normalized spacial score (nSPS) is 11.0. The van der Waals surface area contributed by atoms with Crippen LogP contribution in [0.25, 0.3) is 5.57 Å². The molecule has 0 aliphatic heterocycles. The first-order chi connectivity index (χ1) is 10.1. The molecule has 0 heterocycles.